The molecule has 1 aliphatic carbocycles. The fourth-order valence-electron chi connectivity index (χ4n) is 2.63. The third kappa shape index (κ3) is 2.41. The number of rotatable bonds is 3. The molecule has 2 atom stereocenters. The van der Waals surface area contributed by atoms with Gasteiger partial charge in [0.05, 0.1) is 5.92 Å². The maximum Gasteiger partial charge on any atom is 0.230 e. The van der Waals surface area contributed by atoms with Gasteiger partial charge in [0.15, 0.2) is 0 Å². The molecular formula is C15H22N2O. The molecule has 0 fully saturated rings. The highest BCUT2D eigenvalue weighted by Gasteiger charge is 2.29. The van der Waals surface area contributed by atoms with E-state index >= 15 is 0 Å². The van der Waals surface area contributed by atoms with Crippen molar-refractivity contribution < 1.29 is 4.79 Å². The van der Waals surface area contributed by atoms with Crippen LogP contribution in [-0.4, -0.2) is 30.4 Å². The van der Waals surface area contributed by atoms with Crippen molar-refractivity contribution in [2.75, 3.05) is 13.6 Å². The highest BCUT2D eigenvalue weighted by Crippen LogP contribution is 2.32. The molecule has 1 aliphatic rings. The molecule has 18 heavy (non-hydrogen) atoms. The molecule has 0 bridgehead atoms. The summed E-state index contributed by atoms with van der Waals surface area (Å²) in [6, 6.07) is 8.42. The molecule has 0 aromatic heterocycles. The van der Waals surface area contributed by atoms with Crippen molar-refractivity contribution in [3.63, 3.8) is 0 Å². The summed E-state index contributed by atoms with van der Waals surface area (Å²) in [5, 5.41) is 0. The summed E-state index contributed by atoms with van der Waals surface area (Å²) >= 11 is 0. The Morgan fingerprint density at radius 2 is 2.22 bits per heavy atom. The second-order valence-electron chi connectivity index (χ2n) is 5.18. The first kappa shape index (κ1) is 13.1. The standard InChI is InChI=1S/C15H22N2O/c1-11(10-16)17(2)15(18)14-9-5-7-12-6-3-4-8-13(12)14/h3-4,6,8,11,14H,5,7,9-10,16H2,1-2H3. The van der Waals surface area contributed by atoms with E-state index in [4.69, 9.17) is 5.73 Å². The van der Waals surface area contributed by atoms with Gasteiger partial charge in [-0.15, -0.1) is 0 Å². The molecule has 2 rings (SSSR count). The van der Waals surface area contributed by atoms with Crippen LogP contribution in [-0.2, 0) is 11.2 Å². The van der Waals surface area contributed by atoms with Crippen molar-refractivity contribution in [2.24, 2.45) is 5.73 Å². The number of carbonyl (C=O) groups excluding carboxylic acids is 1. The van der Waals surface area contributed by atoms with Crippen LogP contribution in [0.3, 0.4) is 0 Å². The number of nitrogens with zero attached hydrogens (tertiary/aromatic N) is 1. The molecule has 1 aromatic rings. The Balaban J connectivity index is 2.22. The largest absolute Gasteiger partial charge is 0.341 e. The summed E-state index contributed by atoms with van der Waals surface area (Å²) < 4.78 is 0. The number of aryl methyl sites for hydroxylation is 1. The Kier molecular flexibility index (Phi) is 4.02. The van der Waals surface area contributed by atoms with E-state index in [-0.39, 0.29) is 17.9 Å². The van der Waals surface area contributed by atoms with Crippen LogP contribution < -0.4 is 5.73 Å². The predicted molar refractivity (Wildman–Crippen MR) is 73.4 cm³/mol. The minimum absolute atomic E-state index is 0.0222. The molecule has 3 heteroatoms. The lowest BCUT2D eigenvalue weighted by Crippen LogP contribution is -2.42. The predicted octanol–water partition coefficient (Wildman–Crippen LogP) is 1.91. The van der Waals surface area contributed by atoms with E-state index < -0.39 is 0 Å². The quantitative estimate of drug-likeness (QED) is 0.885. The van der Waals surface area contributed by atoms with Gasteiger partial charge in [0.1, 0.15) is 0 Å². The zero-order valence-electron chi connectivity index (χ0n) is 11.2. The molecule has 98 valence electrons. The van der Waals surface area contributed by atoms with Crippen LogP contribution >= 0.6 is 0 Å². The van der Waals surface area contributed by atoms with Gasteiger partial charge in [-0.3, -0.25) is 4.79 Å². The zero-order valence-corrected chi connectivity index (χ0v) is 11.2. The Labute approximate surface area is 109 Å². The first-order valence-corrected chi connectivity index (χ1v) is 6.69. The van der Waals surface area contributed by atoms with Gasteiger partial charge in [-0.1, -0.05) is 24.3 Å². The van der Waals surface area contributed by atoms with Gasteiger partial charge in [-0.25, -0.2) is 0 Å². The second-order valence-corrected chi connectivity index (χ2v) is 5.18. The molecule has 0 saturated heterocycles. The maximum absolute atomic E-state index is 12.5. The van der Waals surface area contributed by atoms with Crippen molar-refractivity contribution in [3.8, 4) is 0 Å². The van der Waals surface area contributed by atoms with E-state index in [1.165, 1.54) is 11.1 Å². The molecular weight excluding hydrogens is 224 g/mol. The molecule has 0 spiro atoms. The summed E-state index contributed by atoms with van der Waals surface area (Å²) in [5.74, 6) is 0.231. The minimum Gasteiger partial charge on any atom is -0.341 e. The number of nitrogens with two attached hydrogens (primary N) is 1. The van der Waals surface area contributed by atoms with E-state index in [1.807, 2.05) is 20.0 Å². The third-order valence-electron chi connectivity index (χ3n) is 4.02. The van der Waals surface area contributed by atoms with Crippen LogP contribution in [0.5, 0.6) is 0 Å². The number of benzene rings is 1. The molecule has 0 radical (unpaired) electrons. The first-order chi connectivity index (χ1) is 8.65. The van der Waals surface area contributed by atoms with Gasteiger partial charge in [0, 0.05) is 19.6 Å². The topological polar surface area (TPSA) is 46.3 Å². The average molecular weight is 246 g/mol. The molecule has 2 N–H and O–H groups in total. The summed E-state index contributed by atoms with van der Waals surface area (Å²) in [6.45, 7) is 2.50. The molecule has 1 amide bonds. The first-order valence-electron chi connectivity index (χ1n) is 6.69. The SMILES string of the molecule is CC(CN)N(C)C(=O)C1CCCc2ccccc21. The second kappa shape index (κ2) is 5.53. The third-order valence-corrected chi connectivity index (χ3v) is 4.02. The normalized spacial score (nSPS) is 20.1. The fourth-order valence-corrected chi connectivity index (χ4v) is 2.63. The maximum atomic E-state index is 12.5. The van der Waals surface area contributed by atoms with Crippen molar-refractivity contribution in [1.82, 2.24) is 4.90 Å². The molecule has 3 nitrogen and oxygen atoms in total. The number of likely N-dealkylation sites (N-methyl/N-ethyl adjacent to an activating group) is 1. The number of hydrogen-bond donors (Lipinski definition) is 1. The van der Waals surface area contributed by atoms with Crippen molar-refractivity contribution in [3.05, 3.63) is 35.4 Å². The molecule has 0 saturated carbocycles. The highest BCUT2D eigenvalue weighted by atomic mass is 16.2. The Bertz CT molecular complexity index is 430. The highest BCUT2D eigenvalue weighted by molar-refractivity contribution is 5.84. The summed E-state index contributed by atoms with van der Waals surface area (Å²) in [4.78, 5) is 14.3. The monoisotopic (exact) mass is 246 g/mol. The minimum atomic E-state index is 0.0222. The van der Waals surface area contributed by atoms with E-state index in [0.717, 1.165) is 19.3 Å². The van der Waals surface area contributed by atoms with Gasteiger partial charge < -0.3 is 10.6 Å². The van der Waals surface area contributed by atoms with Gasteiger partial charge in [-0.05, 0) is 37.3 Å². The Morgan fingerprint density at radius 1 is 1.50 bits per heavy atom. The lowest BCUT2D eigenvalue weighted by Gasteiger charge is -2.31. The van der Waals surface area contributed by atoms with Crippen LogP contribution in [0.4, 0.5) is 0 Å². The molecule has 0 heterocycles. The number of amides is 1. The summed E-state index contributed by atoms with van der Waals surface area (Å²) in [5.41, 5.74) is 8.18. The van der Waals surface area contributed by atoms with E-state index in [0.29, 0.717) is 6.54 Å². The number of hydrogen-bond acceptors (Lipinski definition) is 2. The van der Waals surface area contributed by atoms with Crippen LogP contribution in [0.15, 0.2) is 24.3 Å². The van der Waals surface area contributed by atoms with Crippen LogP contribution in [0.1, 0.15) is 36.8 Å². The van der Waals surface area contributed by atoms with E-state index in [2.05, 4.69) is 18.2 Å². The lowest BCUT2D eigenvalue weighted by molar-refractivity contribution is -0.133. The van der Waals surface area contributed by atoms with Gasteiger partial charge in [0.25, 0.3) is 0 Å². The number of carbonyl (C=O) groups is 1. The smallest absolute Gasteiger partial charge is 0.230 e. The molecule has 0 aliphatic heterocycles. The van der Waals surface area contributed by atoms with Crippen molar-refractivity contribution in [1.29, 1.82) is 0 Å². The number of fused-ring (bicyclic) bond motifs is 1. The van der Waals surface area contributed by atoms with Gasteiger partial charge >= 0.3 is 0 Å². The van der Waals surface area contributed by atoms with Gasteiger partial charge in [0.2, 0.25) is 5.91 Å². The van der Waals surface area contributed by atoms with E-state index in [1.54, 1.807) is 4.90 Å². The van der Waals surface area contributed by atoms with Crippen LogP contribution in [0.25, 0.3) is 0 Å². The summed E-state index contributed by atoms with van der Waals surface area (Å²) in [7, 11) is 1.86. The van der Waals surface area contributed by atoms with Crippen molar-refractivity contribution in [2.45, 2.75) is 38.1 Å². The lowest BCUT2D eigenvalue weighted by atomic mass is 9.82. The van der Waals surface area contributed by atoms with Crippen LogP contribution in [0, 0.1) is 0 Å². The fraction of sp³-hybridized carbons (Fsp3) is 0.533. The molecule has 2 unspecified atom stereocenters. The molecule has 1 aromatic carbocycles. The van der Waals surface area contributed by atoms with Gasteiger partial charge in [-0.2, -0.15) is 0 Å². The Morgan fingerprint density at radius 3 is 2.94 bits per heavy atom. The average Bonchev–Trinajstić information content (AvgIpc) is 2.44. The Hall–Kier alpha value is -1.35. The summed E-state index contributed by atoms with van der Waals surface area (Å²) in [6.07, 6.45) is 3.14. The van der Waals surface area contributed by atoms with Crippen LogP contribution in [0.2, 0.25) is 0 Å². The van der Waals surface area contributed by atoms with Crippen molar-refractivity contribution >= 4 is 5.91 Å². The zero-order chi connectivity index (χ0) is 13.1. The van der Waals surface area contributed by atoms with E-state index in [9.17, 15) is 4.79 Å².